The summed E-state index contributed by atoms with van der Waals surface area (Å²) in [4.78, 5) is 64.0. The number of aryl methyl sites for hydroxylation is 1. The minimum absolute atomic E-state index is 0.0156. The summed E-state index contributed by atoms with van der Waals surface area (Å²) in [7, 11) is 2.81. The molecule has 12 nitrogen and oxygen atoms in total. The zero-order valence-corrected chi connectivity index (χ0v) is 28.8. The Balaban J connectivity index is -0.000000551. The molecule has 0 spiro atoms. The normalized spacial score (nSPS) is 8.55. The minimum atomic E-state index is -1.10. The summed E-state index contributed by atoms with van der Waals surface area (Å²) in [5.74, 6) is -2.86. The van der Waals surface area contributed by atoms with Crippen molar-refractivity contribution < 1.29 is 48.5 Å². The molecule has 0 fully saturated rings. The van der Waals surface area contributed by atoms with Crippen LogP contribution in [0.4, 0.5) is 0 Å². The van der Waals surface area contributed by atoms with Gasteiger partial charge < -0.3 is 30.3 Å². The van der Waals surface area contributed by atoms with Crippen molar-refractivity contribution in [1.29, 1.82) is 0 Å². The number of carbonyl (C=O) groups is 6. The van der Waals surface area contributed by atoms with E-state index in [0.29, 0.717) is 12.3 Å². The van der Waals surface area contributed by atoms with Crippen molar-refractivity contribution in [2.24, 2.45) is 0 Å². The third-order valence-electron chi connectivity index (χ3n) is 4.94. The van der Waals surface area contributed by atoms with Crippen LogP contribution in [0.1, 0.15) is 95.5 Å². The first-order valence-electron chi connectivity index (χ1n) is 14.7. The lowest BCUT2D eigenvalue weighted by atomic mass is 10.1. The van der Waals surface area contributed by atoms with Gasteiger partial charge in [-0.3, -0.25) is 19.2 Å². The van der Waals surface area contributed by atoms with Crippen LogP contribution in [0, 0.1) is 6.92 Å². The highest BCUT2D eigenvalue weighted by Crippen LogP contribution is 2.11. The number of carboxylic acid groups (broad SMARTS) is 2. The molecular weight excluding hydrogens is 608 g/mol. The van der Waals surface area contributed by atoms with E-state index >= 15 is 0 Å². The molecule has 3 aromatic rings. The molecule has 0 heterocycles. The Hall–Kier alpha value is -5.52. The molecule has 3 aromatic carbocycles. The van der Waals surface area contributed by atoms with Crippen LogP contribution >= 0.6 is 0 Å². The molecule has 3 rings (SSSR count). The Labute approximate surface area is 277 Å². The van der Waals surface area contributed by atoms with E-state index in [0.717, 1.165) is 5.56 Å². The summed E-state index contributed by atoms with van der Waals surface area (Å²) in [5, 5.41) is 22.5. The molecule has 47 heavy (non-hydrogen) atoms. The van der Waals surface area contributed by atoms with Gasteiger partial charge in [0.25, 0.3) is 11.8 Å². The maximum absolute atomic E-state index is 11.4. The first-order valence-corrected chi connectivity index (χ1v) is 14.7. The van der Waals surface area contributed by atoms with Crippen LogP contribution < -0.4 is 15.4 Å². The van der Waals surface area contributed by atoms with Gasteiger partial charge in [0.1, 0.15) is 5.75 Å². The van der Waals surface area contributed by atoms with Crippen molar-refractivity contribution >= 4 is 35.7 Å². The average Bonchev–Trinajstić information content (AvgIpc) is 3.08. The van der Waals surface area contributed by atoms with Gasteiger partial charge in [0.05, 0.1) is 29.4 Å². The molecule has 0 aliphatic rings. The van der Waals surface area contributed by atoms with Gasteiger partial charge in [-0.15, -0.1) is 0 Å². The number of nitrogens with one attached hydrogen (secondary N) is 2. The lowest BCUT2D eigenvalue weighted by molar-refractivity contribution is -0.138. The number of carboxylic acids is 2. The quantitative estimate of drug-likeness (QED) is 0.180. The summed E-state index contributed by atoms with van der Waals surface area (Å²) >= 11 is 0. The predicted octanol–water partition coefficient (Wildman–Crippen LogP) is 6.03. The molecule has 0 radical (unpaired) electrons. The Kier molecular flexibility index (Phi) is 27.3. The van der Waals surface area contributed by atoms with Crippen LogP contribution in [0.15, 0.2) is 72.8 Å². The van der Waals surface area contributed by atoms with Crippen molar-refractivity contribution in [3.05, 3.63) is 101 Å². The highest BCUT2D eigenvalue weighted by atomic mass is 16.5. The zero-order valence-electron chi connectivity index (χ0n) is 28.8. The van der Waals surface area contributed by atoms with E-state index in [4.69, 9.17) is 14.9 Å². The minimum Gasteiger partial charge on any atom is -0.478 e. The van der Waals surface area contributed by atoms with Crippen molar-refractivity contribution in [3.63, 3.8) is 0 Å². The smallest absolute Gasteiger partial charge is 0.336 e. The maximum atomic E-state index is 11.4. The highest BCUT2D eigenvalue weighted by molar-refractivity contribution is 6.05. The molecule has 0 aliphatic heterocycles. The summed E-state index contributed by atoms with van der Waals surface area (Å²) in [6.45, 7) is 15.0. The largest absolute Gasteiger partial charge is 0.478 e. The zero-order chi connectivity index (χ0) is 36.9. The Morgan fingerprint density at radius 3 is 1.30 bits per heavy atom. The highest BCUT2D eigenvalue weighted by Gasteiger charge is 2.15. The molecule has 0 saturated carbocycles. The number of hydrogen-bond acceptors (Lipinski definition) is 8. The van der Waals surface area contributed by atoms with Crippen LogP contribution in [0.25, 0.3) is 0 Å². The fourth-order valence-electron chi connectivity index (χ4n) is 2.90. The van der Waals surface area contributed by atoms with E-state index in [1.807, 2.05) is 46.8 Å². The number of amides is 2. The van der Waals surface area contributed by atoms with E-state index in [1.165, 1.54) is 52.3 Å². The molecule has 0 saturated heterocycles. The standard InChI is InChI=1S/C10H11NO3.C9H9NO3.C9H10O2.C3H6O2.2C2H6/c1-2-11-9(12)7-5-3-4-6-8(7)10(13)14;1-10-8(11)6-4-2-3-5-7(6)9(12)13;1-7-3-5-9(6-4-7)11-8(2)10;1-3(4)5-2;2*1-2/h3-6H,2H2,1H3,(H,11,12)(H,13,14);2-5H,1H3,(H,10,11)(H,12,13);3-6H,1-2H3;1-2H3;2*1-2H3. The number of esters is 2. The molecule has 258 valence electrons. The second-order valence-electron chi connectivity index (χ2n) is 8.24. The van der Waals surface area contributed by atoms with Gasteiger partial charge >= 0.3 is 23.9 Å². The van der Waals surface area contributed by atoms with Crippen LogP contribution in [0.3, 0.4) is 0 Å². The Morgan fingerprint density at radius 1 is 0.638 bits per heavy atom. The second-order valence-corrected chi connectivity index (χ2v) is 8.24. The summed E-state index contributed by atoms with van der Waals surface area (Å²) in [6.07, 6.45) is 0. The molecule has 0 bridgehead atoms. The van der Waals surface area contributed by atoms with Gasteiger partial charge in [0.2, 0.25) is 0 Å². The molecule has 0 aromatic heterocycles. The average molecular weight is 657 g/mol. The van der Waals surface area contributed by atoms with E-state index in [2.05, 4.69) is 15.4 Å². The van der Waals surface area contributed by atoms with Gasteiger partial charge in [-0.1, -0.05) is 69.7 Å². The summed E-state index contributed by atoms with van der Waals surface area (Å²) < 4.78 is 8.94. The molecule has 12 heteroatoms. The van der Waals surface area contributed by atoms with E-state index in [1.54, 1.807) is 43.3 Å². The summed E-state index contributed by atoms with van der Waals surface area (Å²) in [5.41, 5.74) is 1.57. The van der Waals surface area contributed by atoms with Gasteiger partial charge in [0, 0.05) is 27.4 Å². The number of aromatic carboxylic acids is 2. The Morgan fingerprint density at radius 2 is 1.00 bits per heavy atom. The van der Waals surface area contributed by atoms with Crippen LogP contribution in [0.2, 0.25) is 0 Å². The van der Waals surface area contributed by atoms with Gasteiger partial charge in [-0.25, -0.2) is 9.59 Å². The SMILES string of the molecule is CC.CC.CC(=O)Oc1ccc(C)cc1.CCNC(=O)c1ccccc1C(=O)O.CNC(=O)c1ccccc1C(=O)O.COC(C)=O. The van der Waals surface area contributed by atoms with Crippen LogP contribution in [-0.2, 0) is 14.3 Å². The maximum Gasteiger partial charge on any atom is 0.336 e. The number of benzene rings is 3. The molecular formula is C35H48N2O10. The molecule has 0 unspecified atom stereocenters. The number of methoxy groups -OCH3 is 1. The predicted molar refractivity (Wildman–Crippen MR) is 181 cm³/mol. The fraction of sp³-hybridized carbons (Fsp3) is 0.314. The Bertz CT molecular complexity index is 1390. The lowest BCUT2D eigenvalue weighted by Crippen LogP contribution is -2.24. The fourth-order valence-corrected chi connectivity index (χ4v) is 2.90. The number of rotatable bonds is 6. The number of hydrogen-bond donors (Lipinski definition) is 4. The third-order valence-corrected chi connectivity index (χ3v) is 4.94. The van der Waals surface area contributed by atoms with Crippen molar-refractivity contribution in [2.75, 3.05) is 20.7 Å². The van der Waals surface area contributed by atoms with Crippen molar-refractivity contribution in [2.45, 2.75) is 55.4 Å². The van der Waals surface area contributed by atoms with Gasteiger partial charge in [0.15, 0.2) is 0 Å². The van der Waals surface area contributed by atoms with E-state index < -0.39 is 17.8 Å². The second kappa shape index (κ2) is 28.0. The van der Waals surface area contributed by atoms with Gasteiger partial charge in [-0.05, 0) is 50.2 Å². The number of carbonyl (C=O) groups excluding carboxylic acids is 4. The molecule has 0 atom stereocenters. The lowest BCUT2D eigenvalue weighted by Gasteiger charge is -2.04. The third kappa shape index (κ3) is 21.0. The van der Waals surface area contributed by atoms with Crippen molar-refractivity contribution in [1.82, 2.24) is 10.6 Å². The van der Waals surface area contributed by atoms with Gasteiger partial charge in [-0.2, -0.15) is 0 Å². The summed E-state index contributed by atoms with van der Waals surface area (Å²) in [6, 6.07) is 19.6. The van der Waals surface area contributed by atoms with Crippen molar-refractivity contribution in [3.8, 4) is 5.75 Å². The van der Waals surface area contributed by atoms with E-state index in [-0.39, 0.29) is 40.1 Å². The molecule has 2 amide bonds. The first-order chi connectivity index (χ1) is 22.3. The van der Waals surface area contributed by atoms with E-state index in [9.17, 15) is 28.8 Å². The molecule has 4 N–H and O–H groups in total. The topological polar surface area (TPSA) is 185 Å². The number of ether oxygens (including phenoxy) is 2. The monoisotopic (exact) mass is 656 g/mol. The first kappa shape index (κ1) is 45.9. The van der Waals surface area contributed by atoms with Crippen LogP contribution in [0.5, 0.6) is 5.75 Å². The molecule has 0 aliphatic carbocycles. The van der Waals surface area contributed by atoms with Crippen LogP contribution in [-0.4, -0.2) is 66.6 Å².